The molecule has 1 saturated carbocycles. The number of hydrogen-bond acceptors (Lipinski definition) is 5. The highest BCUT2D eigenvalue weighted by Gasteiger charge is 2.40. The maximum atomic E-state index is 13.8. The standard InChI is InChI=1S/C32H46N4O3/c1-24(18-25-10-6-4-7-11-25)30(38)36-16-14-32(39,20-28(36)34-17-15-33-31(2,3)22-34)23-35-21-27(19-29(35)37)26-12-8-5-9-13-26/h5,8-9,12-14,16,20,24-25,27,33,39H,4,6-7,10-11,15,17-19,21-23H2,1-3H3/t24?,27-,32?/m0/s1. The van der Waals surface area contributed by atoms with Crippen LogP contribution in [0.15, 0.2) is 54.5 Å². The van der Waals surface area contributed by atoms with Gasteiger partial charge < -0.3 is 20.2 Å². The maximum Gasteiger partial charge on any atom is 0.235 e. The number of benzene rings is 1. The van der Waals surface area contributed by atoms with Crippen molar-refractivity contribution in [3.8, 4) is 0 Å². The Kier molecular flexibility index (Phi) is 8.20. The number of piperazine rings is 1. The Morgan fingerprint density at radius 1 is 1.15 bits per heavy atom. The SMILES string of the molecule is CC(CC1CCCCC1)C(=O)N1C=CC(O)(CN2C[C@@H](c3ccccc3)CC2=O)C=C1N1CCNC(C)(C)C1. The van der Waals surface area contributed by atoms with Crippen molar-refractivity contribution in [3.63, 3.8) is 0 Å². The van der Waals surface area contributed by atoms with Gasteiger partial charge in [0, 0.05) is 56.2 Å². The minimum Gasteiger partial charge on any atom is -0.380 e. The van der Waals surface area contributed by atoms with Crippen molar-refractivity contribution in [2.24, 2.45) is 11.8 Å². The minimum atomic E-state index is -1.34. The first-order valence-corrected chi connectivity index (χ1v) is 14.9. The molecule has 1 aromatic rings. The monoisotopic (exact) mass is 534 g/mol. The van der Waals surface area contributed by atoms with Gasteiger partial charge in [0.1, 0.15) is 11.4 Å². The van der Waals surface area contributed by atoms with E-state index in [1.807, 2.05) is 24.3 Å². The summed E-state index contributed by atoms with van der Waals surface area (Å²) in [5.74, 6) is 1.54. The van der Waals surface area contributed by atoms with Crippen LogP contribution in [0.2, 0.25) is 0 Å². The molecule has 0 bridgehead atoms. The van der Waals surface area contributed by atoms with Crippen LogP contribution in [0.3, 0.4) is 0 Å². The van der Waals surface area contributed by atoms with Crippen LogP contribution in [0.1, 0.15) is 77.2 Å². The van der Waals surface area contributed by atoms with Gasteiger partial charge in [0.05, 0.1) is 6.54 Å². The van der Waals surface area contributed by atoms with Crippen molar-refractivity contribution in [1.29, 1.82) is 0 Å². The molecule has 4 aliphatic rings. The van der Waals surface area contributed by atoms with E-state index in [0.717, 1.165) is 37.4 Å². The molecule has 1 aromatic carbocycles. The molecule has 3 fully saturated rings. The number of nitrogens with one attached hydrogen (secondary N) is 1. The van der Waals surface area contributed by atoms with E-state index in [2.05, 4.69) is 43.1 Å². The third kappa shape index (κ3) is 6.58. The average Bonchev–Trinajstić information content (AvgIpc) is 3.28. The molecule has 3 heterocycles. The van der Waals surface area contributed by atoms with Gasteiger partial charge in [0.25, 0.3) is 0 Å². The van der Waals surface area contributed by atoms with Crippen molar-refractivity contribution in [1.82, 2.24) is 20.0 Å². The molecule has 7 nitrogen and oxygen atoms in total. The Labute approximate surface area is 233 Å². The van der Waals surface area contributed by atoms with Crippen molar-refractivity contribution >= 4 is 11.8 Å². The topological polar surface area (TPSA) is 76.1 Å². The molecule has 2 N–H and O–H groups in total. The fraction of sp³-hybridized carbons (Fsp3) is 0.625. The van der Waals surface area contributed by atoms with E-state index in [4.69, 9.17) is 0 Å². The second kappa shape index (κ2) is 11.5. The second-order valence-corrected chi connectivity index (χ2v) is 13.0. The highest BCUT2D eigenvalue weighted by atomic mass is 16.3. The average molecular weight is 535 g/mol. The van der Waals surface area contributed by atoms with Crippen molar-refractivity contribution in [2.45, 2.75) is 82.8 Å². The zero-order valence-corrected chi connectivity index (χ0v) is 23.9. The van der Waals surface area contributed by atoms with Gasteiger partial charge in [-0.1, -0.05) is 69.4 Å². The zero-order valence-electron chi connectivity index (χ0n) is 23.9. The van der Waals surface area contributed by atoms with Crippen molar-refractivity contribution in [3.05, 3.63) is 60.1 Å². The van der Waals surface area contributed by atoms with Crippen LogP contribution in [0.4, 0.5) is 0 Å². The number of aliphatic hydroxyl groups is 1. The number of carbonyl (C=O) groups excluding carboxylic acids is 2. The van der Waals surface area contributed by atoms with Gasteiger partial charge in [-0.25, -0.2) is 0 Å². The summed E-state index contributed by atoms with van der Waals surface area (Å²) < 4.78 is 0. The molecule has 0 spiro atoms. The summed E-state index contributed by atoms with van der Waals surface area (Å²) in [5.41, 5.74) is -0.300. The Morgan fingerprint density at radius 3 is 2.62 bits per heavy atom. The highest BCUT2D eigenvalue weighted by Crippen LogP contribution is 2.34. The Balaban J connectivity index is 1.35. The molecular weight excluding hydrogens is 488 g/mol. The first-order chi connectivity index (χ1) is 18.6. The number of nitrogens with zero attached hydrogens (tertiary/aromatic N) is 3. The molecule has 2 amide bonds. The van der Waals surface area contributed by atoms with Gasteiger partial charge >= 0.3 is 0 Å². The molecule has 0 radical (unpaired) electrons. The fourth-order valence-corrected chi connectivity index (χ4v) is 6.93. The lowest BCUT2D eigenvalue weighted by molar-refractivity contribution is -0.133. The number of β-amino-alcohol motifs (C(OH)–C–C–N with tert-alkyl or cyclic N) is 1. The molecule has 5 rings (SSSR count). The summed E-state index contributed by atoms with van der Waals surface area (Å²) in [5, 5.41) is 15.3. The summed E-state index contributed by atoms with van der Waals surface area (Å²) in [6.45, 7) is 9.42. The molecule has 39 heavy (non-hydrogen) atoms. The minimum absolute atomic E-state index is 0.0588. The van der Waals surface area contributed by atoms with Crippen LogP contribution in [-0.2, 0) is 9.59 Å². The van der Waals surface area contributed by atoms with Gasteiger partial charge in [-0.15, -0.1) is 0 Å². The quantitative estimate of drug-likeness (QED) is 0.548. The van der Waals surface area contributed by atoms with Gasteiger partial charge in [-0.2, -0.15) is 0 Å². The lowest BCUT2D eigenvalue weighted by atomic mass is 9.83. The van der Waals surface area contributed by atoms with E-state index in [0.29, 0.717) is 18.9 Å². The maximum absolute atomic E-state index is 13.8. The van der Waals surface area contributed by atoms with E-state index in [1.54, 1.807) is 22.1 Å². The molecular formula is C32H46N4O3. The number of amides is 2. The Morgan fingerprint density at radius 2 is 1.90 bits per heavy atom. The second-order valence-electron chi connectivity index (χ2n) is 13.0. The van der Waals surface area contributed by atoms with Gasteiger partial charge in [0.2, 0.25) is 11.8 Å². The van der Waals surface area contributed by atoms with Gasteiger partial charge in [-0.3, -0.25) is 14.5 Å². The summed E-state index contributed by atoms with van der Waals surface area (Å²) in [7, 11) is 0. The Hall–Kier alpha value is -2.64. The van der Waals surface area contributed by atoms with Crippen molar-refractivity contribution in [2.75, 3.05) is 32.7 Å². The molecule has 2 unspecified atom stereocenters. The lowest BCUT2D eigenvalue weighted by Crippen LogP contribution is -2.59. The molecule has 2 saturated heterocycles. The summed E-state index contributed by atoms with van der Waals surface area (Å²) in [6.07, 6.45) is 12.9. The Bertz CT molecular complexity index is 1090. The predicted octanol–water partition coefficient (Wildman–Crippen LogP) is 4.22. The summed E-state index contributed by atoms with van der Waals surface area (Å²) in [6, 6.07) is 10.1. The van der Waals surface area contributed by atoms with E-state index in [9.17, 15) is 14.7 Å². The predicted molar refractivity (Wildman–Crippen MR) is 153 cm³/mol. The van der Waals surface area contributed by atoms with E-state index >= 15 is 0 Å². The van der Waals surface area contributed by atoms with Crippen LogP contribution in [0, 0.1) is 11.8 Å². The normalized spacial score (nSPS) is 28.5. The number of carbonyl (C=O) groups is 2. The highest BCUT2D eigenvalue weighted by molar-refractivity contribution is 5.82. The smallest absolute Gasteiger partial charge is 0.235 e. The van der Waals surface area contributed by atoms with E-state index in [-0.39, 0.29) is 35.7 Å². The van der Waals surface area contributed by atoms with E-state index < -0.39 is 5.60 Å². The van der Waals surface area contributed by atoms with Gasteiger partial charge in [-0.05, 0) is 43.9 Å². The first kappa shape index (κ1) is 27.9. The third-order valence-electron chi connectivity index (χ3n) is 9.03. The molecule has 3 atom stereocenters. The number of rotatable bonds is 7. The van der Waals surface area contributed by atoms with Gasteiger partial charge in [0.15, 0.2) is 0 Å². The van der Waals surface area contributed by atoms with Crippen LogP contribution >= 0.6 is 0 Å². The van der Waals surface area contributed by atoms with Crippen molar-refractivity contribution < 1.29 is 14.7 Å². The molecule has 0 aromatic heterocycles. The number of likely N-dealkylation sites (tertiary alicyclic amines) is 1. The van der Waals surface area contributed by atoms with Crippen LogP contribution in [0.25, 0.3) is 0 Å². The van der Waals surface area contributed by atoms with Crippen LogP contribution in [-0.4, -0.2) is 75.5 Å². The fourth-order valence-electron chi connectivity index (χ4n) is 6.93. The zero-order chi connectivity index (χ0) is 27.6. The van der Waals surface area contributed by atoms with E-state index in [1.165, 1.54) is 32.1 Å². The molecule has 212 valence electrons. The molecule has 7 heteroatoms. The molecule has 1 aliphatic carbocycles. The summed E-state index contributed by atoms with van der Waals surface area (Å²) in [4.78, 5) is 32.6. The largest absolute Gasteiger partial charge is 0.380 e. The number of hydrogen-bond donors (Lipinski definition) is 2. The third-order valence-corrected chi connectivity index (χ3v) is 9.03. The summed E-state index contributed by atoms with van der Waals surface area (Å²) >= 11 is 0. The lowest BCUT2D eigenvalue weighted by Gasteiger charge is -2.46. The van der Waals surface area contributed by atoms with Crippen LogP contribution in [0.5, 0.6) is 0 Å². The molecule has 3 aliphatic heterocycles. The van der Waals surface area contributed by atoms with Crippen LogP contribution < -0.4 is 5.32 Å². The first-order valence-electron chi connectivity index (χ1n) is 14.9.